The zero-order chi connectivity index (χ0) is 20.5. The highest BCUT2D eigenvalue weighted by molar-refractivity contribution is 6.33. The fraction of sp³-hybridized carbons (Fsp3) is 0.364. The maximum atomic E-state index is 12.8. The molecule has 0 aliphatic rings. The van der Waals surface area contributed by atoms with Crippen LogP contribution in [-0.2, 0) is 9.59 Å². The van der Waals surface area contributed by atoms with Crippen molar-refractivity contribution in [2.45, 2.75) is 38.8 Å². The van der Waals surface area contributed by atoms with E-state index in [2.05, 4.69) is 17.6 Å². The molecule has 0 saturated carbocycles. The number of carbonyl (C=O) groups is 2. The van der Waals surface area contributed by atoms with E-state index in [1.54, 1.807) is 18.2 Å². The molecule has 6 heteroatoms. The molecular formula is C22H29ClN3O2+. The third-order valence-corrected chi connectivity index (χ3v) is 5.15. The van der Waals surface area contributed by atoms with Crippen LogP contribution in [0.2, 0.25) is 5.02 Å². The molecule has 0 aromatic heterocycles. The van der Waals surface area contributed by atoms with Gasteiger partial charge in [-0.2, -0.15) is 0 Å². The van der Waals surface area contributed by atoms with E-state index in [-0.39, 0.29) is 30.4 Å². The van der Waals surface area contributed by atoms with Gasteiger partial charge in [-0.05, 0) is 31.0 Å². The number of amides is 2. The standard InChI is InChI=1S/C22H28ClN3O2/c1-4-10-19(17-11-6-5-7-12-17)25-22(28)16(2)26(3)15-21(27)24-20-14-9-8-13-18(20)23/h5-9,11-14,16,19H,4,10,15H2,1-3H3,(H,24,27)(H,25,28)/p+1/t16-,19-/m1/s1. The zero-order valence-corrected chi connectivity index (χ0v) is 17.4. The molecule has 2 amide bonds. The van der Waals surface area contributed by atoms with E-state index in [4.69, 9.17) is 11.6 Å². The number of carbonyl (C=O) groups excluding carboxylic acids is 2. The van der Waals surface area contributed by atoms with Gasteiger partial charge in [-0.15, -0.1) is 0 Å². The van der Waals surface area contributed by atoms with E-state index in [0.29, 0.717) is 10.7 Å². The lowest BCUT2D eigenvalue weighted by atomic mass is 10.0. The van der Waals surface area contributed by atoms with Crippen LogP contribution < -0.4 is 15.5 Å². The summed E-state index contributed by atoms with van der Waals surface area (Å²) in [7, 11) is 1.84. The Morgan fingerprint density at radius 1 is 1.07 bits per heavy atom. The smallest absolute Gasteiger partial charge is 0.279 e. The Bertz CT molecular complexity index is 782. The molecule has 1 unspecified atom stereocenters. The molecule has 28 heavy (non-hydrogen) atoms. The summed E-state index contributed by atoms with van der Waals surface area (Å²) < 4.78 is 0. The van der Waals surface area contributed by atoms with E-state index >= 15 is 0 Å². The van der Waals surface area contributed by atoms with Gasteiger partial charge >= 0.3 is 0 Å². The Balaban J connectivity index is 1.93. The van der Waals surface area contributed by atoms with Crippen molar-refractivity contribution >= 4 is 29.1 Å². The van der Waals surface area contributed by atoms with Gasteiger partial charge in [-0.3, -0.25) is 9.59 Å². The molecule has 0 heterocycles. The third-order valence-electron chi connectivity index (χ3n) is 4.82. The highest BCUT2D eigenvalue weighted by atomic mass is 35.5. The van der Waals surface area contributed by atoms with Crippen molar-refractivity contribution in [3.05, 3.63) is 65.2 Å². The quantitative estimate of drug-likeness (QED) is 0.604. The van der Waals surface area contributed by atoms with Gasteiger partial charge in [0.25, 0.3) is 11.8 Å². The van der Waals surface area contributed by atoms with Gasteiger partial charge in [0.2, 0.25) is 0 Å². The predicted molar refractivity (Wildman–Crippen MR) is 114 cm³/mol. The summed E-state index contributed by atoms with van der Waals surface area (Å²) >= 11 is 6.08. The van der Waals surface area contributed by atoms with E-state index < -0.39 is 0 Å². The fourth-order valence-electron chi connectivity index (χ4n) is 2.98. The molecule has 3 N–H and O–H groups in total. The Hall–Kier alpha value is -2.37. The molecule has 0 radical (unpaired) electrons. The summed E-state index contributed by atoms with van der Waals surface area (Å²) in [6.45, 7) is 4.10. The first-order valence-electron chi connectivity index (χ1n) is 9.64. The molecule has 0 saturated heterocycles. The van der Waals surface area contributed by atoms with Crippen LogP contribution in [0.15, 0.2) is 54.6 Å². The first-order valence-corrected chi connectivity index (χ1v) is 10.0. The van der Waals surface area contributed by atoms with Crippen molar-refractivity contribution in [1.82, 2.24) is 5.32 Å². The van der Waals surface area contributed by atoms with Crippen LogP contribution in [0.25, 0.3) is 0 Å². The maximum absolute atomic E-state index is 12.8. The van der Waals surface area contributed by atoms with Crippen LogP contribution in [0, 0.1) is 0 Å². The molecule has 150 valence electrons. The average molecular weight is 403 g/mol. The average Bonchev–Trinajstić information content (AvgIpc) is 2.69. The van der Waals surface area contributed by atoms with Crippen LogP contribution in [-0.4, -0.2) is 31.4 Å². The number of hydrogen-bond acceptors (Lipinski definition) is 2. The van der Waals surface area contributed by atoms with Crippen molar-refractivity contribution in [2.75, 3.05) is 18.9 Å². The summed E-state index contributed by atoms with van der Waals surface area (Å²) in [5.41, 5.74) is 1.67. The van der Waals surface area contributed by atoms with Gasteiger partial charge in [-0.1, -0.05) is 67.4 Å². The summed E-state index contributed by atoms with van der Waals surface area (Å²) in [6, 6.07) is 16.7. The van der Waals surface area contributed by atoms with Crippen molar-refractivity contribution in [3.8, 4) is 0 Å². The van der Waals surface area contributed by atoms with Gasteiger partial charge in [0.05, 0.1) is 23.8 Å². The minimum Gasteiger partial charge on any atom is -0.344 e. The summed E-state index contributed by atoms with van der Waals surface area (Å²) in [6.07, 6.45) is 1.84. The molecule has 0 bridgehead atoms. The molecule has 0 spiro atoms. The van der Waals surface area contributed by atoms with Crippen molar-refractivity contribution in [3.63, 3.8) is 0 Å². The van der Waals surface area contributed by atoms with Gasteiger partial charge in [0, 0.05) is 0 Å². The number of halogens is 1. The molecular weight excluding hydrogens is 374 g/mol. The van der Waals surface area contributed by atoms with Crippen molar-refractivity contribution < 1.29 is 14.5 Å². The van der Waals surface area contributed by atoms with E-state index in [0.717, 1.165) is 23.3 Å². The normalized spacial score (nSPS) is 14.0. The molecule has 0 aliphatic heterocycles. The van der Waals surface area contributed by atoms with Gasteiger partial charge in [0.15, 0.2) is 12.6 Å². The number of likely N-dealkylation sites (N-methyl/N-ethyl adjacent to an activating group) is 1. The molecule has 0 fully saturated rings. The lowest BCUT2D eigenvalue weighted by molar-refractivity contribution is -0.885. The van der Waals surface area contributed by atoms with Crippen LogP contribution >= 0.6 is 11.6 Å². The largest absolute Gasteiger partial charge is 0.344 e. The lowest BCUT2D eigenvalue weighted by Gasteiger charge is -2.24. The van der Waals surface area contributed by atoms with Gasteiger partial charge in [-0.25, -0.2) is 0 Å². The highest BCUT2D eigenvalue weighted by Crippen LogP contribution is 2.20. The predicted octanol–water partition coefficient (Wildman–Crippen LogP) is 2.84. The molecule has 5 nitrogen and oxygen atoms in total. The van der Waals surface area contributed by atoms with E-state index in [9.17, 15) is 9.59 Å². The first kappa shape index (κ1) is 21.9. The summed E-state index contributed by atoms with van der Waals surface area (Å²) in [4.78, 5) is 25.9. The van der Waals surface area contributed by atoms with E-state index in [1.807, 2.05) is 50.4 Å². The lowest BCUT2D eigenvalue weighted by Crippen LogP contribution is -3.15. The number of quaternary nitrogens is 1. The molecule has 2 aromatic rings. The number of hydrogen-bond donors (Lipinski definition) is 3. The summed E-state index contributed by atoms with van der Waals surface area (Å²) in [5.74, 6) is -0.247. The number of benzene rings is 2. The zero-order valence-electron chi connectivity index (χ0n) is 16.7. The van der Waals surface area contributed by atoms with E-state index in [1.165, 1.54) is 0 Å². The van der Waals surface area contributed by atoms with Crippen LogP contribution in [0.5, 0.6) is 0 Å². The number of para-hydroxylation sites is 1. The van der Waals surface area contributed by atoms with Crippen molar-refractivity contribution in [2.24, 2.45) is 0 Å². The monoisotopic (exact) mass is 402 g/mol. The minimum atomic E-state index is -0.361. The van der Waals surface area contributed by atoms with Gasteiger partial charge < -0.3 is 15.5 Å². The summed E-state index contributed by atoms with van der Waals surface area (Å²) in [5, 5.41) is 6.42. The number of anilines is 1. The van der Waals surface area contributed by atoms with Crippen LogP contribution in [0.4, 0.5) is 5.69 Å². The Labute approximate surface area is 172 Å². The third kappa shape index (κ3) is 6.36. The SMILES string of the molecule is CCC[C@@H](NC(=O)[C@@H](C)[NH+](C)CC(=O)Nc1ccccc1Cl)c1ccccc1. The second-order valence-electron chi connectivity index (χ2n) is 7.03. The second kappa shape index (κ2) is 10.8. The molecule has 2 aromatic carbocycles. The van der Waals surface area contributed by atoms with Crippen LogP contribution in [0.1, 0.15) is 38.3 Å². The number of rotatable bonds is 9. The van der Waals surface area contributed by atoms with Crippen LogP contribution in [0.3, 0.4) is 0 Å². The Kier molecular flexibility index (Phi) is 8.48. The Morgan fingerprint density at radius 3 is 2.36 bits per heavy atom. The molecule has 2 rings (SSSR count). The topological polar surface area (TPSA) is 62.6 Å². The fourth-order valence-corrected chi connectivity index (χ4v) is 3.16. The first-order chi connectivity index (χ1) is 13.4. The molecule has 0 aliphatic carbocycles. The minimum absolute atomic E-state index is 0.0223. The number of nitrogens with one attached hydrogen (secondary N) is 3. The van der Waals surface area contributed by atoms with Gasteiger partial charge in [0.1, 0.15) is 0 Å². The maximum Gasteiger partial charge on any atom is 0.279 e. The highest BCUT2D eigenvalue weighted by Gasteiger charge is 2.26. The molecule has 3 atom stereocenters. The van der Waals surface area contributed by atoms with Crippen molar-refractivity contribution in [1.29, 1.82) is 0 Å². The Morgan fingerprint density at radius 2 is 1.71 bits per heavy atom. The second-order valence-corrected chi connectivity index (χ2v) is 7.44.